The van der Waals surface area contributed by atoms with E-state index in [-0.39, 0.29) is 23.8 Å². The molecular weight excluding hydrogens is 338 g/mol. The summed E-state index contributed by atoms with van der Waals surface area (Å²) in [5.41, 5.74) is 12.6. The molecule has 138 valence electrons. The topological polar surface area (TPSA) is 75.4 Å². The number of fused-ring (bicyclic) bond motifs is 1. The number of amides is 2. The maximum absolute atomic E-state index is 13.0. The molecule has 0 aromatic heterocycles. The maximum atomic E-state index is 13.0. The van der Waals surface area contributed by atoms with Gasteiger partial charge >= 0.3 is 0 Å². The van der Waals surface area contributed by atoms with Gasteiger partial charge in [0.1, 0.15) is 0 Å². The van der Waals surface area contributed by atoms with Gasteiger partial charge in [0, 0.05) is 24.7 Å². The van der Waals surface area contributed by atoms with Crippen LogP contribution in [0.5, 0.6) is 0 Å². The number of carbonyl (C=O) groups is 2. The largest absolute Gasteiger partial charge is 0.326 e. The van der Waals surface area contributed by atoms with Crippen LogP contribution in [0, 0.1) is 0 Å². The molecule has 0 spiro atoms. The van der Waals surface area contributed by atoms with Crippen LogP contribution >= 0.6 is 0 Å². The molecule has 2 aromatic carbocycles. The summed E-state index contributed by atoms with van der Waals surface area (Å²) in [6.45, 7) is 0.807. The van der Waals surface area contributed by atoms with E-state index in [4.69, 9.17) is 5.73 Å². The second kappa shape index (κ2) is 6.20. The highest BCUT2D eigenvalue weighted by atomic mass is 16.2. The summed E-state index contributed by atoms with van der Waals surface area (Å²) in [7, 11) is 0. The van der Waals surface area contributed by atoms with Gasteiger partial charge in [0.05, 0.1) is 11.6 Å². The van der Waals surface area contributed by atoms with Gasteiger partial charge in [-0.15, -0.1) is 0 Å². The average molecular weight is 361 g/mol. The van der Waals surface area contributed by atoms with Crippen molar-refractivity contribution in [3.05, 3.63) is 58.7 Å². The number of carbonyl (C=O) groups excluding carboxylic acids is 2. The van der Waals surface area contributed by atoms with Crippen LogP contribution in [0.15, 0.2) is 36.4 Å². The molecule has 3 aliphatic rings. The zero-order valence-corrected chi connectivity index (χ0v) is 15.2. The van der Waals surface area contributed by atoms with Crippen LogP contribution in [0.4, 0.5) is 11.4 Å². The smallest absolute Gasteiger partial charge is 0.231 e. The molecule has 2 aliphatic heterocycles. The molecule has 27 heavy (non-hydrogen) atoms. The van der Waals surface area contributed by atoms with E-state index in [9.17, 15) is 9.59 Å². The minimum atomic E-state index is -0.207. The van der Waals surface area contributed by atoms with Gasteiger partial charge in [-0.05, 0) is 60.1 Å². The second-order valence-corrected chi connectivity index (χ2v) is 7.80. The van der Waals surface area contributed by atoms with Crippen molar-refractivity contribution in [2.45, 2.75) is 44.1 Å². The first-order valence-electron chi connectivity index (χ1n) is 9.73. The van der Waals surface area contributed by atoms with Crippen molar-refractivity contribution in [1.82, 2.24) is 0 Å². The quantitative estimate of drug-likeness (QED) is 0.863. The third kappa shape index (κ3) is 2.65. The standard InChI is InChI=1S/C22H23N3O2/c23-19-12-18(16-5-1-2-6-17(16)19)22(27)24-15-10-13-4-3-9-25-20(26)8-7-14(11-15)21(13)25/h1-2,5-6,10-11,18-19H,3-4,7-9,12,23H2,(H,24,27). The minimum Gasteiger partial charge on any atom is -0.326 e. The Morgan fingerprint density at radius 3 is 2.63 bits per heavy atom. The van der Waals surface area contributed by atoms with Crippen LogP contribution in [-0.2, 0) is 22.4 Å². The summed E-state index contributed by atoms with van der Waals surface area (Å²) in [5.74, 6) is 0.0144. The molecule has 0 radical (unpaired) electrons. The maximum Gasteiger partial charge on any atom is 0.231 e. The normalized spacial score (nSPS) is 23.0. The molecule has 2 aromatic rings. The van der Waals surface area contributed by atoms with Crippen molar-refractivity contribution in [3.63, 3.8) is 0 Å². The van der Waals surface area contributed by atoms with Crippen molar-refractivity contribution in [1.29, 1.82) is 0 Å². The van der Waals surface area contributed by atoms with Gasteiger partial charge in [-0.1, -0.05) is 24.3 Å². The van der Waals surface area contributed by atoms with Gasteiger partial charge in [-0.25, -0.2) is 0 Å². The van der Waals surface area contributed by atoms with E-state index in [1.165, 1.54) is 11.1 Å². The molecular formula is C22H23N3O2. The van der Waals surface area contributed by atoms with Crippen LogP contribution < -0.4 is 16.0 Å². The second-order valence-electron chi connectivity index (χ2n) is 7.80. The summed E-state index contributed by atoms with van der Waals surface area (Å²) in [6, 6.07) is 12.0. The van der Waals surface area contributed by atoms with Crippen LogP contribution in [0.2, 0.25) is 0 Å². The number of nitrogens with one attached hydrogen (secondary N) is 1. The number of hydrogen-bond donors (Lipinski definition) is 2. The van der Waals surface area contributed by atoms with E-state index in [0.717, 1.165) is 48.3 Å². The minimum absolute atomic E-state index is 0.00195. The lowest BCUT2D eigenvalue weighted by Crippen LogP contribution is -2.39. The Bertz CT molecular complexity index is 935. The lowest BCUT2D eigenvalue weighted by atomic mass is 9.91. The highest BCUT2D eigenvalue weighted by Gasteiger charge is 2.34. The zero-order valence-electron chi connectivity index (χ0n) is 15.2. The van der Waals surface area contributed by atoms with Crippen molar-refractivity contribution in [2.24, 2.45) is 5.73 Å². The van der Waals surface area contributed by atoms with Crippen LogP contribution in [-0.4, -0.2) is 18.4 Å². The Kier molecular flexibility index (Phi) is 3.79. The van der Waals surface area contributed by atoms with E-state index >= 15 is 0 Å². The molecule has 0 fully saturated rings. The fraction of sp³-hybridized carbons (Fsp3) is 0.364. The predicted molar refractivity (Wildman–Crippen MR) is 105 cm³/mol. The van der Waals surface area contributed by atoms with Crippen molar-refractivity contribution >= 4 is 23.2 Å². The Hall–Kier alpha value is -2.66. The summed E-state index contributed by atoms with van der Waals surface area (Å²) in [5, 5.41) is 3.12. The number of nitrogens with two attached hydrogens (primary N) is 1. The Morgan fingerprint density at radius 1 is 1.07 bits per heavy atom. The molecule has 1 aliphatic carbocycles. The molecule has 2 amide bonds. The Balaban J connectivity index is 1.44. The first kappa shape index (κ1) is 16.5. The average Bonchev–Trinajstić information content (AvgIpc) is 3.02. The third-order valence-corrected chi connectivity index (χ3v) is 6.12. The molecule has 3 N–H and O–H groups in total. The van der Waals surface area contributed by atoms with Crippen molar-refractivity contribution in [2.75, 3.05) is 16.8 Å². The molecule has 0 saturated heterocycles. The predicted octanol–water partition coefficient (Wildman–Crippen LogP) is 3.04. The van der Waals surface area contributed by atoms with Crippen LogP contribution in [0.3, 0.4) is 0 Å². The number of aryl methyl sites for hydroxylation is 2. The third-order valence-electron chi connectivity index (χ3n) is 6.12. The Morgan fingerprint density at radius 2 is 1.81 bits per heavy atom. The summed E-state index contributed by atoms with van der Waals surface area (Å²) in [6.07, 6.45) is 3.87. The van der Waals surface area contributed by atoms with E-state index in [0.29, 0.717) is 12.8 Å². The van der Waals surface area contributed by atoms with Crippen LogP contribution in [0.1, 0.15) is 53.5 Å². The number of nitrogens with zero attached hydrogens (tertiary/aromatic N) is 1. The summed E-state index contributed by atoms with van der Waals surface area (Å²) < 4.78 is 0. The van der Waals surface area contributed by atoms with Crippen molar-refractivity contribution in [3.8, 4) is 0 Å². The molecule has 2 heterocycles. The number of hydrogen-bond acceptors (Lipinski definition) is 3. The number of rotatable bonds is 2. The lowest BCUT2D eigenvalue weighted by Gasteiger charge is -2.35. The van der Waals surface area contributed by atoms with Gasteiger partial charge in [0.15, 0.2) is 0 Å². The molecule has 5 heteroatoms. The number of anilines is 2. The summed E-state index contributed by atoms with van der Waals surface area (Å²) in [4.78, 5) is 27.1. The fourth-order valence-electron chi connectivity index (χ4n) is 4.88. The molecule has 2 unspecified atom stereocenters. The van der Waals surface area contributed by atoms with Gasteiger partial charge in [0.25, 0.3) is 0 Å². The lowest BCUT2D eigenvalue weighted by molar-refractivity contribution is -0.119. The van der Waals surface area contributed by atoms with Gasteiger partial charge < -0.3 is 16.0 Å². The first-order valence-corrected chi connectivity index (χ1v) is 9.73. The molecule has 5 nitrogen and oxygen atoms in total. The Labute approximate surface area is 158 Å². The zero-order chi connectivity index (χ0) is 18.5. The molecule has 2 atom stereocenters. The van der Waals surface area contributed by atoms with E-state index in [2.05, 4.69) is 5.32 Å². The highest BCUT2D eigenvalue weighted by molar-refractivity contribution is 6.00. The SMILES string of the molecule is NC1CC(C(=O)Nc2cc3c4c(c2)CCC(=O)N4CCC3)c2ccccc21. The highest BCUT2D eigenvalue weighted by Crippen LogP contribution is 2.41. The first-order chi connectivity index (χ1) is 13.1. The number of benzene rings is 2. The van der Waals surface area contributed by atoms with Gasteiger partial charge in [-0.2, -0.15) is 0 Å². The van der Waals surface area contributed by atoms with Crippen LogP contribution in [0.25, 0.3) is 0 Å². The monoisotopic (exact) mass is 361 g/mol. The van der Waals surface area contributed by atoms with E-state index < -0.39 is 0 Å². The fourth-order valence-corrected chi connectivity index (χ4v) is 4.88. The van der Waals surface area contributed by atoms with Gasteiger partial charge in [0.2, 0.25) is 11.8 Å². The van der Waals surface area contributed by atoms with Crippen molar-refractivity contribution < 1.29 is 9.59 Å². The molecule has 0 saturated carbocycles. The summed E-state index contributed by atoms with van der Waals surface area (Å²) >= 11 is 0. The molecule has 5 rings (SSSR count). The van der Waals surface area contributed by atoms with E-state index in [1.807, 2.05) is 41.3 Å². The molecule has 0 bridgehead atoms. The van der Waals surface area contributed by atoms with Gasteiger partial charge in [-0.3, -0.25) is 9.59 Å². The van der Waals surface area contributed by atoms with E-state index in [1.54, 1.807) is 0 Å².